The molecule has 0 aliphatic carbocycles. The Morgan fingerprint density at radius 1 is 0.955 bits per heavy atom. The fourth-order valence-electron chi connectivity index (χ4n) is 2.30. The lowest BCUT2D eigenvalue weighted by atomic mass is 10.2. The van der Waals surface area contributed by atoms with Gasteiger partial charge in [-0.25, -0.2) is 9.50 Å². The summed E-state index contributed by atoms with van der Waals surface area (Å²) < 4.78 is 7.02. The van der Waals surface area contributed by atoms with Gasteiger partial charge in [-0.2, -0.15) is 5.10 Å². The summed E-state index contributed by atoms with van der Waals surface area (Å²) in [5, 5.41) is 5.57. The Bertz CT molecular complexity index is 879. The Hall–Kier alpha value is -2.66. The summed E-state index contributed by atoms with van der Waals surface area (Å²) in [6.07, 6.45) is 1.97. The zero-order chi connectivity index (χ0) is 14.9. The SMILES string of the molecule is COc1ccc(-c2nn3cc(-c4ccccc4)nc3s2)cc1. The van der Waals surface area contributed by atoms with Crippen LogP contribution in [-0.2, 0) is 0 Å². The number of nitrogens with zero attached hydrogens (tertiary/aromatic N) is 3. The third kappa shape index (κ3) is 2.25. The topological polar surface area (TPSA) is 39.4 Å². The monoisotopic (exact) mass is 307 g/mol. The summed E-state index contributed by atoms with van der Waals surface area (Å²) in [5.41, 5.74) is 3.12. The number of hydrogen-bond acceptors (Lipinski definition) is 4. The number of methoxy groups -OCH3 is 1. The van der Waals surface area contributed by atoms with Crippen LogP contribution in [0.2, 0.25) is 0 Å². The molecule has 0 amide bonds. The molecule has 0 unspecified atom stereocenters. The van der Waals surface area contributed by atoms with Gasteiger partial charge in [0.05, 0.1) is 19.0 Å². The van der Waals surface area contributed by atoms with Crippen LogP contribution in [0, 0.1) is 0 Å². The third-order valence-electron chi connectivity index (χ3n) is 3.45. The molecule has 5 heteroatoms. The fraction of sp³-hybridized carbons (Fsp3) is 0.0588. The van der Waals surface area contributed by atoms with Crippen LogP contribution in [0.1, 0.15) is 0 Å². The maximum atomic E-state index is 5.18. The molecule has 4 aromatic rings. The summed E-state index contributed by atoms with van der Waals surface area (Å²) in [6, 6.07) is 18.0. The quantitative estimate of drug-likeness (QED) is 0.571. The molecule has 0 N–H and O–H groups in total. The highest BCUT2D eigenvalue weighted by molar-refractivity contribution is 7.19. The van der Waals surface area contributed by atoms with Crippen LogP contribution in [0.4, 0.5) is 0 Å². The van der Waals surface area contributed by atoms with Gasteiger partial charge in [0.15, 0.2) is 0 Å². The molecule has 2 aromatic carbocycles. The maximum Gasteiger partial charge on any atom is 0.213 e. The molecule has 0 bridgehead atoms. The van der Waals surface area contributed by atoms with E-state index in [2.05, 4.69) is 22.2 Å². The van der Waals surface area contributed by atoms with Crippen LogP contribution in [0.3, 0.4) is 0 Å². The van der Waals surface area contributed by atoms with E-state index in [-0.39, 0.29) is 0 Å². The minimum absolute atomic E-state index is 0.844. The van der Waals surface area contributed by atoms with E-state index in [1.165, 1.54) is 0 Å². The van der Waals surface area contributed by atoms with Gasteiger partial charge in [0.25, 0.3) is 0 Å². The van der Waals surface area contributed by atoms with E-state index in [0.717, 1.165) is 32.5 Å². The summed E-state index contributed by atoms with van der Waals surface area (Å²) in [7, 11) is 1.66. The molecule has 0 radical (unpaired) electrons. The van der Waals surface area contributed by atoms with Crippen LogP contribution < -0.4 is 4.74 Å². The van der Waals surface area contributed by atoms with Gasteiger partial charge in [0.2, 0.25) is 4.96 Å². The lowest BCUT2D eigenvalue weighted by Crippen LogP contribution is -1.84. The van der Waals surface area contributed by atoms with E-state index in [0.29, 0.717) is 0 Å². The highest BCUT2D eigenvalue weighted by atomic mass is 32.1. The number of imidazole rings is 1. The zero-order valence-corrected chi connectivity index (χ0v) is 12.7. The van der Waals surface area contributed by atoms with E-state index in [9.17, 15) is 0 Å². The number of hydrogen-bond donors (Lipinski definition) is 0. The largest absolute Gasteiger partial charge is 0.497 e. The Labute approximate surface area is 131 Å². The van der Waals surface area contributed by atoms with Crippen molar-refractivity contribution in [3.63, 3.8) is 0 Å². The first kappa shape index (κ1) is 13.0. The van der Waals surface area contributed by atoms with Crippen molar-refractivity contribution in [2.75, 3.05) is 7.11 Å². The first-order chi connectivity index (χ1) is 10.8. The lowest BCUT2D eigenvalue weighted by Gasteiger charge is -1.99. The lowest BCUT2D eigenvalue weighted by molar-refractivity contribution is 0.415. The number of aromatic nitrogens is 3. The normalized spacial score (nSPS) is 11.0. The fourth-order valence-corrected chi connectivity index (χ4v) is 3.19. The molecule has 2 heterocycles. The maximum absolute atomic E-state index is 5.18. The summed E-state index contributed by atoms with van der Waals surface area (Å²) in [5.74, 6) is 0.844. The van der Waals surface area contributed by atoms with Gasteiger partial charge >= 0.3 is 0 Å². The minimum Gasteiger partial charge on any atom is -0.497 e. The highest BCUT2D eigenvalue weighted by Gasteiger charge is 2.10. The average molecular weight is 307 g/mol. The number of rotatable bonds is 3. The molecule has 0 aliphatic rings. The van der Waals surface area contributed by atoms with Gasteiger partial charge in [-0.1, -0.05) is 41.7 Å². The van der Waals surface area contributed by atoms with Crippen molar-refractivity contribution in [3.05, 3.63) is 60.8 Å². The first-order valence-electron chi connectivity index (χ1n) is 6.89. The summed E-state index contributed by atoms with van der Waals surface area (Å²) >= 11 is 1.58. The van der Waals surface area contributed by atoms with Gasteiger partial charge in [-0.05, 0) is 24.3 Å². The van der Waals surface area contributed by atoms with Crippen LogP contribution in [-0.4, -0.2) is 21.7 Å². The molecule has 0 saturated heterocycles. The molecular formula is C17H13N3OS. The average Bonchev–Trinajstić information content (AvgIpc) is 3.15. The van der Waals surface area contributed by atoms with E-state index < -0.39 is 0 Å². The van der Waals surface area contributed by atoms with Crippen LogP contribution in [0.25, 0.3) is 26.8 Å². The van der Waals surface area contributed by atoms with E-state index in [1.54, 1.807) is 18.4 Å². The molecule has 22 heavy (non-hydrogen) atoms. The number of fused-ring (bicyclic) bond motifs is 1. The van der Waals surface area contributed by atoms with E-state index in [1.807, 2.05) is 53.2 Å². The van der Waals surface area contributed by atoms with E-state index in [4.69, 9.17) is 4.74 Å². The van der Waals surface area contributed by atoms with Crippen molar-refractivity contribution in [1.29, 1.82) is 0 Å². The van der Waals surface area contributed by atoms with Crippen molar-refractivity contribution in [2.45, 2.75) is 0 Å². The molecule has 4 nitrogen and oxygen atoms in total. The highest BCUT2D eigenvalue weighted by Crippen LogP contribution is 2.29. The molecule has 0 atom stereocenters. The third-order valence-corrected chi connectivity index (χ3v) is 4.42. The second-order valence-electron chi connectivity index (χ2n) is 4.86. The van der Waals surface area contributed by atoms with Crippen LogP contribution >= 0.6 is 11.3 Å². The molecule has 0 spiro atoms. The number of ether oxygens (including phenoxy) is 1. The Balaban J connectivity index is 1.71. The van der Waals surface area contributed by atoms with Crippen molar-refractivity contribution in [2.24, 2.45) is 0 Å². The van der Waals surface area contributed by atoms with Gasteiger partial charge < -0.3 is 4.74 Å². The van der Waals surface area contributed by atoms with E-state index >= 15 is 0 Å². The zero-order valence-electron chi connectivity index (χ0n) is 11.9. The standard InChI is InChI=1S/C17H13N3OS/c1-21-14-9-7-13(8-10-14)16-19-20-11-15(18-17(20)22-16)12-5-3-2-4-6-12/h2-11H,1H3. The predicted molar refractivity (Wildman–Crippen MR) is 88.3 cm³/mol. The summed E-state index contributed by atoms with van der Waals surface area (Å²) in [4.78, 5) is 5.55. The second-order valence-corrected chi connectivity index (χ2v) is 5.81. The van der Waals surface area contributed by atoms with Crippen molar-refractivity contribution in [1.82, 2.24) is 14.6 Å². The molecule has 0 saturated carbocycles. The molecule has 0 aliphatic heterocycles. The Morgan fingerprint density at radius 2 is 1.73 bits per heavy atom. The molecule has 4 rings (SSSR count). The van der Waals surface area contributed by atoms with Gasteiger partial charge in [0, 0.05) is 11.1 Å². The van der Waals surface area contributed by atoms with Gasteiger partial charge in [-0.15, -0.1) is 0 Å². The molecular weight excluding hydrogens is 294 g/mol. The smallest absolute Gasteiger partial charge is 0.213 e. The predicted octanol–water partition coefficient (Wildman–Crippen LogP) is 4.13. The van der Waals surface area contributed by atoms with Crippen molar-refractivity contribution >= 4 is 16.3 Å². The Morgan fingerprint density at radius 3 is 2.41 bits per heavy atom. The first-order valence-corrected chi connectivity index (χ1v) is 7.71. The van der Waals surface area contributed by atoms with Crippen LogP contribution in [0.5, 0.6) is 5.75 Å². The minimum atomic E-state index is 0.844. The summed E-state index contributed by atoms with van der Waals surface area (Å²) in [6.45, 7) is 0. The second kappa shape index (κ2) is 5.27. The Kier molecular flexibility index (Phi) is 3.12. The van der Waals surface area contributed by atoms with Crippen molar-refractivity contribution < 1.29 is 4.74 Å². The van der Waals surface area contributed by atoms with Crippen molar-refractivity contribution in [3.8, 4) is 27.6 Å². The van der Waals surface area contributed by atoms with Gasteiger partial charge in [0.1, 0.15) is 10.8 Å². The van der Waals surface area contributed by atoms with Gasteiger partial charge in [-0.3, -0.25) is 0 Å². The molecule has 0 fully saturated rings. The van der Waals surface area contributed by atoms with Crippen LogP contribution in [0.15, 0.2) is 60.8 Å². The molecule has 2 aromatic heterocycles. The number of benzene rings is 2. The molecule has 108 valence electrons.